The molecule has 1 aromatic rings. The fourth-order valence-electron chi connectivity index (χ4n) is 3.05. The summed E-state index contributed by atoms with van der Waals surface area (Å²) in [5.74, 6) is 0. The first-order chi connectivity index (χ1) is 10.9. The minimum absolute atomic E-state index is 1.19. The molecule has 0 aliphatic rings. The van der Waals surface area contributed by atoms with Gasteiger partial charge in [0.15, 0.2) is 12.4 Å². The number of rotatable bonds is 14. The van der Waals surface area contributed by atoms with Crippen LogP contribution in [0.5, 0.6) is 0 Å². The zero-order valence-electron chi connectivity index (χ0n) is 15.2. The van der Waals surface area contributed by atoms with Gasteiger partial charge < -0.3 is 0 Å². The summed E-state index contributed by atoms with van der Waals surface area (Å²) in [6, 6.07) is 4.52. The van der Waals surface area contributed by atoms with Crippen molar-refractivity contribution in [3.05, 3.63) is 30.1 Å². The van der Waals surface area contributed by atoms with E-state index in [1.807, 2.05) is 0 Å². The first kappa shape index (κ1) is 19.2. The summed E-state index contributed by atoms with van der Waals surface area (Å²) >= 11 is 0. The summed E-state index contributed by atoms with van der Waals surface area (Å²) in [4.78, 5) is 0. The average Bonchev–Trinajstić information content (AvgIpc) is 2.54. The first-order valence-electron chi connectivity index (χ1n) is 9.84. The Hall–Kier alpha value is -0.850. The molecular weight excluding hydrogens is 266 g/mol. The zero-order chi connectivity index (χ0) is 15.9. The Morgan fingerprint density at radius 3 is 2.00 bits per heavy atom. The molecule has 0 radical (unpaired) electrons. The van der Waals surface area contributed by atoms with Crippen molar-refractivity contribution in [3.8, 4) is 0 Å². The summed E-state index contributed by atoms with van der Waals surface area (Å²) in [5.41, 5.74) is 1.52. The molecule has 0 fully saturated rings. The highest BCUT2D eigenvalue weighted by atomic mass is 14.9. The maximum Gasteiger partial charge on any atom is 0.171 e. The average molecular weight is 305 g/mol. The van der Waals surface area contributed by atoms with Crippen LogP contribution >= 0.6 is 0 Å². The molecule has 1 heteroatoms. The van der Waals surface area contributed by atoms with E-state index in [1.165, 1.54) is 95.6 Å². The maximum absolute atomic E-state index is 2.40. The van der Waals surface area contributed by atoms with Gasteiger partial charge in [0.2, 0.25) is 0 Å². The molecule has 22 heavy (non-hydrogen) atoms. The van der Waals surface area contributed by atoms with E-state index in [-0.39, 0.29) is 0 Å². The molecule has 1 rings (SSSR count). The monoisotopic (exact) mass is 304 g/mol. The third-order valence-corrected chi connectivity index (χ3v) is 4.51. The number of hydrogen-bond acceptors (Lipinski definition) is 0. The Morgan fingerprint density at radius 2 is 1.32 bits per heavy atom. The van der Waals surface area contributed by atoms with Gasteiger partial charge in [-0.1, -0.05) is 71.6 Å². The van der Waals surface area contributed by atoms with E-state index in [0.717, 1.165) is 0 Å². The van der Waals surface area contributed by atoms with Crippen molar-refractivity contribution in [1.82, 2.24) is 0 Å². The van der Waals surface area contributed by atoms with E-state index >= 15 is 0 Å². The second kappa shape index (κ2) is 13.8. The van der Waals surface area contributed by atoms with Crippen LogP contribution in [0.15, 0.2) is 24.5 Å². The number of pyridine rings is 1. The molecule has 126 valence electrons. The van der Waals surface area contributed by atoms with Crippen LogP contribution in [-0.4, -0.2) is 0 Å². The summed E-state index contributed by atoms with van der Waals surface area (Å²) in [6.45, 7) is 5.76. The lowest BCUT2D eigenvalue weighted by atomic mass is 10.1. The standard InChI is InChI=1S/C21H38N/c1-3-5-7-9-10-12-14-18-22-19-15-17-21(20-22)16-13-11-8-6-4-2/h15,17,19-20H,3-14,16,18H2,1-2H3/q+1. The fraction of sp³-hybridized carbons (Fsp3) is 0.762. The van der Waals surface area contributed by atoms with Crippen molar-refractivity contribution in [2.24, 2.45) is 0 Å². The van der Waals surface area contributed by atoms with Gasteiger partial charge >= 0.3 is 0 Å². The van der Waals surface area contributed by atoms with Crippen LogP contribution in [-0.2, 0) is 13.0 Å². The van der Waals surface area contributed by atoms with Crippen LogP contribution in [0, 0.1) is 0 Å². The topological polar surface area (TPSA) is 3.88 Å². The third-order valence-electron chi connectivity index (χ3n) is 4.51. The van der Waals surface area contributed by atoms with Crippen LogP contribution in [0.3, 0.4) is 0 Å². The van der Waals surface area contributed by atoms with Crippen molar-refractivity contribution < 1.29 is 4.57 Å². The second-order valence-electron chi connectivity index (χ2n) is 6.74. The predicted octanol–water partition coefficient (Wildman–Crippen LogP) is 6.24. The molecule has 0 aliphatic heterocycles. The minimum Gasteiger partial charge on any atom is -0.205 e. The van der Waals surface area contributed by atoms with Gasteiger partial charge in [-0.15, -0.1) is 0 Å². The molecule has 0 unspecified atom stereocenters. The molecule has 0 saturated carbocycles. The van der Waals surface area contributed by atoms with Crippen LogP contribution < -0.4 is 4.57 Å². The molecule has 0 amide bonds. The molecule has 1 nitrogen and oxygen atoms in total. The molecule has 0 spiro atoms. The zero-order valence-corrected chi connectivity index (χ0v) is 15.2. The van der Waals surface area contributed by atoms with Crippen molar-refractivity contribution in [3.63, 3.8) is 0 Å². The third kappa shape index (κ3) is 9.97. The fourth-order valence-corrected chi connectivity index (χ4v) is 3.05. The molecule has 0 saturated heterocycles. The number of aromatic nitrogens is 1. The van der Waals surface area contributed by atoms with Crippen LogP contribution in [0.25, 0.3) is 0 Å². The summed E-state index contributed by atoms with van der Waals surface area (Å²) in [5, 5.41) is 0. The maximum atomic E-state index is 2.40. The Labute approximate surface area is 139 Å². The predicted molar refractivity (Wildman–Crippen MR) is 97.1 cm³/mol. The Kier molecular flexibility index (Phi) is 12.0. The van der Waals surface area contributed by atoms with Gasteiger partial charge in [0, 0.05) is 18.1 Å². The molecule has 1 heterocycles. The van der Waals surface area contributed by atoms with Crippen molar-refractivity contribution in [2.45, 2.75) is 104 Å². The highest BCUT2D eigenvalue weighted by Gasteiger charge is 2.03. The normalized spacial score (nSPS) is 11.0. The van der Waals surface area contributed by atoms with Gasteiger partial charge in [-0.25, -0.2) is 4.57 Å². The molecule has 1 aromatic heterocycles. The van der Waals surface area contributed by atoms with E-state index in [1.54, 1.807) is 0 Å². The van der Waals surface area contributed by atoms with Crippen LogP contribution in [0.4, 0.5) is 0 Å². The van der Waals surface area contributed by atoms with Crippen LogP contribution in [0.1, 0.15) is 96.5 Å². The van der Waals surface area contributed by atoms with Gasteiger partial charge in [-0.2, -0.15) is 0 Å². The van der Waals surface area contributed by atoms with E-state index in [9.17, 15) is 0 Å². The number of unbranched alkanes of at least 4 members (excludes halogenated alkanes) is 10. The smallest absolute Gasteiger partial charge is 0.171 e. The van der Waals surface area contributed by atoms with Crippen molar-refractivity contribution >= 4 is 0 Å². The van der Waals surface area contributed by atoms with E-state index in [2.05, 4.69) is 42.9 Å². The largest absolute Gasteiger partial charge is 0.205 e. The summed E-state index contributed by atoms with van der Waals surface area (Å²) < 4.78 is 2.40. The van der Waals surface area contributed by atoms with E-state index < -0.39 is 0 Å². The van der Waals surface area contributed by atoms with Gasteiger partial charge in [0.05, 0.1) is 0 Å². The molecule has 0 aliphatic carbocycles. The van der Waals surface area contributed by atoms with Gasteiger partial charge in [-0.3, -0.25) is 0 Å². The lowest BCUT2D eigenvalue weighted by Crippen LogP contribution is -2.33. The summed E-state index contributed by atoms with van der Waals surface area (Å²) in [6.07, 6.45) is 22.5. The Balaban J connectivity index is 2.12. The van der Waals surface area contributed by atoms with E-state index in [4.69, 9.17) is 0 Å². The lowest BCUT2D eigenvalue weighted by molar-refractivity contribution is -0.697. The Morgan fingerprint density at radius 1 is 0.727 bits per heavy atom. The highest BCUT2D eigenvalue weighted by molar-refractivity contribution is 5.05. The SMILES string of the molecule is CCCCCCCCC[n+]1cccc(CCCCCCC)c1. The molecular formula is C21H38N+. The quantitative estimate of drug-likeness (QED) is 0.283. The molecule has 0 bridgehead atoms. The van der Waals surface area contributed by atoms with E-state index in [0.29, 0.717) is 0 Å². The highest BCUT2D eigenvalue weighted by Crippen LogP contribution is 2.08. The van der Waals surface area contributed by atoms with Gasteiger partial charge in [-0.05, 0) is 25.3 Å². The molecule has 0 atom stereocenters. The molecule has 0 aromatic carbocycles. The van der Waals surface area contributed by atoms with Gasteiger partial charge in [0.1, 0.15) is 6.54 Å². The van der Waals surface area contributed by atoms with Crippen molar-refractivity contribution in [2.75, 3.05) is 0 Å². The Bertz CT molecular complexity index is 359. The molecule has 0 N–H and O–H groups in total. The number of nitrogens with zero attached hydrogens (tertiary/aromatic N) is 1. The first-order valence-corrected chi connectivity index (χ1v) is 9.84. The minimum atomic E-state index is 1.19. The lowest BCUT2D eigenvalue weighted by Gasteiger charge is -2.02. The number of hydrogen-bond donors (Lipinski definition) is 0. The van der Waals surface area contributed by atoms with Crippen LogP contribution in [0.2, 0.25) is 0 Å². The van der Waals surface area contributed by atoms with Crippen molar-refractivity contribution in [1.29, 1.82) is 0 Å². The second-order valence-corrected chi connectivity index (χ2v) is 6.74. The van der Waals surface area contributed by atoms with Gasteiger partial charge in [0.25, 0.3) is 0 Å². The number of aryl methyl sites for hydroxylation is 2. The summed E-state index contributed by atoms with van der Waals surface area (Å²) in [7, 11) is 0.